The zero-order valence-electron chi connectivity index (χ0n) is 15.8. The van der Waals surface area contributed by atoms with Crippen molar-refractivity contribution in [2.45, 2.75) is 32.7 Å². The summed E-state index contributed by atoms with van der Waals surface area (Å²) >= 11 is 5.80. The summed E-state index contributed by atoms with van der Waals surface area (Å²) in [6.07, 6.45) is -5.75. The first-order valence-electron chi connectivity index (χ1n) is 8.78. The Morgan fingerprint density at radius 2 is 1.83 bits per heavy atom. The minimum atomic E-state index is -4.93. The molecule has 0 saturated carbocycles. The number of hydrogen-bond acceptors (Lipinski definition) is 3. The van der Waals surface area contributed by atoms with Gasteiger partial charge in [-0.3, -0.25) is 9.59 Å². The smallest absolute Gasteiger partial charge is 0.471 e. The van der Waals surface area contributed by atoms with Crippen LogP contribution in [-0.4, -0.2) is 35.5 Å². The lowest BCUT2D eigenvalue weighted by Gasteiger charge is -2.22. The number of halogens is 4. The molecule has 0 aliphatic rings. The average molecular weight is 429 g/mol. The van der Waals surface area contributed by atoms with Crippen molar-refractivity contribution in [1.82, 2.24) is 4.90 Å². The fraction of sp³-hybridized carbons (Fsp3) is 0.300. The van der Waals surface area contributed by atoms with E-state index in [9.17, 15) is 22.8 Å². The van der Waals surface area contributed by atoms with Crippen LogP contribution in [-0.2, 0) is 16.1 Å². The van der Waals surface area contributed by atoms with Gasteiger partial charge in [-0.1, -0.05) is 23.7 Å². The molecule has 0 aliphatic heterocycles. The summed E-state index contributed by atoms with van der Waals surface area (Å²) in [6.45, 7) is 2.70. The molecular formula is C20H20ClF3N2O3. The summed E-state index contributed by atoms with van der Waals surface area (Å²) in [7, 11) is 0. The number of amides is 2. The van der Waals surface area contributed by atoms with Crippen LogP contribution in [0.15, 0.2) is 48.5 Å². The maximum atomic E-state index is 12.7. The molecule has 5 nitrogen and oxygen atoms in total. The van der Waals surface area contributed by atoms with Gasteiger partial charge in [0.15, 0.2) is 6.10 Å². The summed E-state index contributed by atoms with van der Waals surface area (Å²) in [4.78, 5) is 24.5. The summed E-state index contributed by atoms with van der Waals surface area (Å²) in [5.41, 5.74) is 0.836. The number of nitrogens with zero attached hydrogens (tertiary/aromatic N) is 1. The second-order valence-corrected chi connectivity index (χ2v) is 6.66. The van der Waals surface area contributed by atoms with Crippen molar-refractivity contribution in [2.24, 2.45) is 0 Å². The Bertz CT molecular complexity index is 857. The largest absolute Gasteiger partial charge is 0.481 e. The molecule has 1 unspecified atom stereocenters. The standard InChI is InChI=1S/C20H20ClF3N2O3/c1-3-26(19(28)20(22,23)24)12-14-5-4-6-16(11-14)25-18(27)13(2)29-17-9-7-15(21)8-10-17/h4-11,13H,3,12H2,1-2H3,(H,25,27). The molecule has 0 aromatic heterocycles. The number of nitrogens with one attached hydrogen (secondary N) is 1. The van der Waals surface area contributed by atoms with Gasteiger partial charge in [-0.2, -0.15) is 13.2 Å². The van der Waals surface area contributed by atoms with E-state index in [1.807, 2.05) is 0 Å². The number of carbonyl (C=O) groups is 2. The molecule has 0 saturated heterocycles. The first-order valence-corrected chi connectivity index (χ1v) is 9.16. The third-order valence-corrected chi connectivity index (χ3v) is 4.23. The Labute approximate surface area is 171 Å². The van der Waals surface area contributed by atoms with Gasteiger partial charge in [-0.25, -0.2) is 0 Å². The van der Waals surface area contributed by atoms with Gasteiger partial charge >= 0.3 is 12.1 Å². The predicted octanol–water partition coefficient (Wildman–Crippen LogP) is 4.66. The van der Waals surface area contributed by atoms with Crippen molar-refractivity contribution < 1.29 is 27.5 Å². The summed E-state index contributed by atoms with van der Waals surface area (Å²) < 4.78 is 43.5. The van der Waals surface area contributed by atoms with Crippen molar-refractivity contribution in [3.8, 4) is 5.75 Å². The number of alkyl halides is 3. The lowest BCUT2D eigenvalue weighted by molar-refractivity contribution is -0.185. The molecule has 2 amide bonds. The van der Waals surface area contributed by atoms with Gasteiger partial charge in [0.05, 0.1) is 0 Å². The minimum absolute atomic E-state index is 0.0963. The highest BCUT2D eigenvalue weighted by Crippen LogP contribution is 2.21. The van der Waals surface area contributed by atoms with Crippen LogP contribution in [0.25, 0.3) is 0 Å². The average Bonchev–Trinajstić information content (AvgIpc) is 2.67. The van der Waals surface area contributed by atoms with Crippen LogP contribution in [0, 0.1) is 0 Å². The number of rotatable bonds is 7. The van der Waals surface area contributed by atoms with Gasteiger partial charge < -0.3 is 15.0 Å². The number of hydrogen-bond donors (Lipinski definition) is 1. The van der Waals surface area contributed by atoms with E-state index >= 15 is 0 Å². The monoisotopic (exact) mass is 428 g/mol. The molecule has 0 spiro atoms. The lowest BCUT2D eigenvalue weighted by atomic mass is 10.1. The van der Waals surface area contributed by atoms with Crippen molar-refractivity contribution >= 4 is 29.1 Å². The van der Waals surface area contributed by atoms with Crippen LogP contribution >= 0.6 is 11.6 Å². The summed E-state index contributed by atoms with van der Waals surface area (Å²) in [6, 6.07) is 12.8. The van der Waals surface area contributed by atoms with Crippen LogP contribution in [0.5, 0.6) is 5.75 Å². The number of benzene rings is 2. The van der Waals surface area contributed by atoms with Crippen LogP contribution in [0.1, 0.15) is 19.4 Å². The lowest BCUT2D eigenvalue weighted by Crippen LogP contribution is -2.40. The maximum absolute atomic E-state index is 12.7. The second kappa shape index (κ2) is 9.65. The molecule has 1 atom stereocenters. The van der Waals surface area contributed by atoms with E-state index in [0.717, 1.165) is 0 Å². The van der Waals surface area contributed by atoms with E-state index in [4.69, 9.17) is 16.3 Å². The zero-order chi connectivity index (χ0) is 21.6. The quantitative estimate of drug-likeness (QED) is 0.698. The Hall–Kier alpha value is -2.74. The third kappa shape index (κ3) is 6.67. The van der Waals surface area contributed by atoms with E-state index in [1.165, 1.54) is 13.0 Å². The molecule has 29 heavy (non-hydrogen) atoms. The fourth-order valence-electron chi connectivity index (χ4n) is 2.49. The summed E-state index contributed by atoms with van der Waals surface area (Å²) in [5.74, 6) is -1.87. The summed E-state index contributed by atoms with van der Waals surface area (Å²) in [5, 5.41) is 3.19. The molecule has 9 heteroatoms. The highest BCUT2D eigenvalue weighted by molar-refractivity contribution is 6.30. The van der Waals surface area contributed by atoms with Crippen molar-refractivity contribution in [3.63, 3.8) is 0 Å². The van der Waals surface area contributed by atoms with Crippen LogP contribution in [0.4, 0.5) is 18.9 Å². The Morgan fingerprint density at radius 1 is 1.17 bits per heavy atom. The van der Waals surface area contributed by atoms with Gasteiger partial charge in [0, 0.05) is 23.8 Å². The molecular weight excluding hydrogens is 409 g/mol. The normalized spacial score (nSPS) is 12.2. The fourth-order valence-corrected chi connectivity index (χ4v) is 2.62. The van der Waals surface area contributed by atoms with Gasteiger partial charge in [-0.15, -0.1) is 0 Å². The molecule has 0 bridgehead atoms. The van der Waals surface area contributed by atoms with E-state index in [2.05, 4.69) is 5.32 Å². The molecule has 0 aliphatic carbocycles. The van der Waals surface area contributed by atoms with Crippen LogP contribution in [0.3, 0.4) is 0 Å². The number of carbonyl (C=O) groups excluding carboxylic acids is 2. The molecule has 2 rings (SSSR count). The van der Waals surface area contributed by atoms with Gasteiger partial charge in [-0.05, 0) is 55.8 Å². The van der Waals surface area contributed by atoms with Crippen LogP contribution in [0.2, 0.25) is 5.02 Å². The third-order valence-electron chi connectivity index (χ3n) is 3.98. The molecule has 2 aromatic carbocycles. The Morgan fingerprint density at radius 3 is 2.41 bits per heavy atom. The van der Waals surface area contributed by atoms with Crippen LogP contribution < -0.4 is 10.1 Å². The highest BCUT2D eigenvalue weighted by atomic mass is 35.5. The van der Waals surface area contributed by atoms with Gasteiger partial charge in [0.2, 0.25) is 0 Å². The highest BCUT2D eigenvalue weighted by Gasteiger charge is 2.41. The number of ether oxygens (including phenoxy) is 1. The SMILES string of the molecule is CCN(Cc1cccc(NC(=O)C(C)Oc2ccc(Cl)cc2)c1)C(=O)C(F)(F)F. The minimum Gasteiger partial charge on any atom is -0.481 e. The molecule has 0 fully saturated rings. The molecule has 0 heterocycles. The van der Waals surface area contributed by atoms with E-state index in [0.29, 0.717) is 26.9 Å². The predicted molar refractivity (Wildman–Crippen MR) is 104 cm³/mol. The molecule has 2 aromatic rings. The number of anilines is 1. The first kappa shape index (κ1) is 22.5. The van der Waals surface area contributed by atoms with Crippen molar-refractivity contribution in [2.75, 3.05) is 11.9 Å². The Balaban J connectivity index is 2.02. The first-order chi connectivity index (χ1) is 13.6. The molecule has 156 valence electrons. The molecule has 1 N–H and O–H groups in total. The van der Waals surface area contributed by atoms with E-state index < -0.39 is 24.1 Å². The van der Waals surface area contributed by atoms with E-state index in [1.54, 1.807) is 49.4 Å². The zero-order valence-corrected chi connectivity index (χ0v) is 16.6. The van der Waals surface area contributed by atoms with Crippen molar-refractivity contribution in [3.05, 3.63) is 59.1 Å². The Kier molecular flexibility index (Phi) is 7.50. The topological polar surface area (TPSA) is 58.6 Å². The van der Waals surface area contributed by atoms with Gasteiger partial charge in [0.25, 0.3) is 5.91 Å². The molecule has 0 radical (unpaired) electrons. The second-order valence-electron chi connectivity index (χ2n) is 6.22. The van der Waals surface area contributed by atoms with E-state index in [-0.39, 0.29) is 13.1 Å². The maximum Gasteiger partial charge on any atom is 0.471 e. The van der Waals surface area contributed by atoms with Gasteiger partial charge in [0.1, 0.15) is 5.75 Å². The van der Waals surface area contributed by atoms with Crippen molar-refractivity contribution in [1.29, 1.82) is 0 Å².